The van der Waals surface area contributed by atoms with Gasteiger partial charge in [0.05, 0.1) is 17.0 Å². The third-order valence-corrected chi connectivity index (χ3v) is 5.21. The van der Waals surface area contributed by atoms with Crippen molar-refractivity contribution in [2.24, 2.45) is 5.10 Å². The first kappa shape index (κ1) is 19.1. The molecule has 3 aromatic rings. The Morgan fingerprint density at radius 1 is 0.897 bits per heavy atom. The van der Waals surface area contributed by atoms with Gasteiger partial charge in [0.25, 0.3) is 5.91 Å². The van der Waals surface area contributed by atoms with E-state index in [-0.39, 0.29) is 5.91 Å². The molecule has 29 heavy (non-hydrogen) atoms. The Morgan fingerprint density at radius 2 is 1.52 bits per heavy atom. The van der Waals surface area contributed by atoms with Crippen molar-refractivity contribution < 1.29 is 4.79 Å². The summed E-state index contributed by atoms with van der Waals surface area (Å²) in [7, 11) is 0. The molecule has 0 aliphatic carbocycles. The minimum Gasteiger partial charge on any atom is -0.267 e. The molecular formula is C25H19BrN2O. The highest BCUT2D eigenvalue weighted by Gasteiger charge is 2.31. The SMILES string of the molecule is CC1=NN(c2ccccc2)C(=O)/C1=C(/C=C/c1ccc(Br)cc1)c1ccccc1. The van der Waals surface area contributed by atoms with Crippen LogP contribution in [-0.4, -0.2) is 11.6 Å². The second-order valence-corrected chi connectivity index (χ2v) is 7.59. The topological polar surface area (TPSA) is 32.7 Å². The quantitative estimate of drug-likeness (QED) is 0.433. The van der Waals surface area contributed by atoms with E-state index in [0.717, 1.165) is 26.9 Å². The fraction of sp³-hybridized carbons (Fsp3) is 0.0400. The molecule has 142 valence electrons. The molecule has 0 spiro atoms. The molecule has 4 heteroatoms. The van der Waals surface area contributed by atoms with E-state index in [0.29, 0.717) is 11.3 Å². The highest BCUT2D eigenvalue weighted by Crippen LogP contribution is 2.30. The van der Waals surface area contributed by atoms with E-state index in [1.165, 1.54) is 5.01 Å². The first-order chi connectivity index (χ1) is 14.1. The lowest BCUT2D eigenvalue weighted by Crippen LogP contribution is -2.21. The molecule has 0 N–H and O–H groups in total. The van der Waals surface area contributed by atoms with Gasteiger partial charge in [0.2, 0.25) is 0 Å². The Labute approximate surface area is 178 Å². The predicted octanol–water partition coefficient (Wildman–Crippen LogP) is 6.34. The van der Waals surface area contributed by atoms with E-state index in [9.17, 15) is 4.79 Å². The second kappa shape index (κ2) is 8.41. The molecule has 1 aliphatic heterocycles. The number of rotatable bonds is 4. The van der Waals surface area contributed by atoms with Crippen LogP contribution >= 0.6 is 15.9 Å². The zero-order valence-electron chi connectivity index (χ0n) is 15.9. The summed E-state index contributed by atoms with van der Waals surface area (Å²) in [5, 5.41) is 6.01. The average Bonchev–Trinajstić information content (AvgIpc) is 3.05. The van der Waals surface area contributed by atoms with Gasteiger partial charge in [-0.15, -0.1) is 0 Å². The van der Waals surface area contributed by atoms with Crippen LogP contribution in [0.4, 0.5) is 5.69 Å². The largest absolute Gasteiger partial charge is 0.281 e. The molecular weight excluding hydrogens is 424 g/mol. The van der Waals surface area contributed by atoms with Gasteiger partial charge in [-0.25, -0.2) is 0 Å². The third kappa shape index (κ3) is 4.13. The Bertz CT molecular complexity index is 1110. The molecule has 0 saturated carbocycles. The molecule has 1 aliphatic rings. The third-order valence-electron chi connectivity index (χ3n) is 4.69. The molecule has 3 aromatic carbocycles. The maximum Gasteiger partial charge on any atom is 0.281 e. The van der Waals surface area contributed by atoms with Gasteiger partial charge in [-0.3, -0.25) is 4.79 Å². The van der Waals surface area contributed by atoms with Gasteiger partial charge in [-0.2, -0.15) is 10.1 Å². The average molecular weight is 443 g/mol. The number of halogens is 1. The Balaban J connectivity index is 1.80. The summed E-state index contributed by atoms with van der Waals surface area (Å²) in [6.45, 7) is 1.88. The molecule has 4 rings (SSSR count). The van der Waals surface area contributed by atoms with Crippen molar-refractivity contribution >= 4 is 44.9 Å². The smallest absolute Gasteiger partial charge is 0.267 e. The number of allylic oxidation sites excluding steroid dienone is 2. The molecule has 1 amide bonds. The van der Waals surface area contributed by atoms with Crippen molar-refractivity contribution in [3.63, 3.8) is 0 Å². The lowest BCUT2D eigenvalue weighted by molar-refractivity contribution is -0.114. The maximum atomic E-state index is 13.3. The second-order valence-electron chi connectivity index (χ2n) is 6.68. The number of hydrogen-bond acceptors (Lipinski definition) is 2. The fourth-order valence-corrected chi connectivity index (χ4v) is 3.52. The Hall–Kier alpha value is -3.24. The van der Waals surface area contributed by atoms with Crippen LogP contribution in [0.5, 0.6) is 0 Å². The summed E-state index contributed by atoms with van der Waals surface area (Å²) in [6.07, 6.45) is 4.02. The minimum absolute atomic E-state index is 0.118. The van der Waals surface area contributed by atoms with Gasteiger partial charge in [0.1, 0.15) is 0 Å². The zero-order valence-corrected chi connectivity index (χ0v) is 17.5. The van der Waals surface area contributed by atoms with E-state index in [2.05, 4.69) is 21.0 Å². The molecule has 0 unspecified atom stereocenters. The van der Waals surface area contributed by atoms with Crippen molar-refractivity contribution in [3.05, 3.63) is 112 Å². The Morgan fingerprint density at radius 3 is 2.17 bits per heavy atom. The number of para-hydroxylation sites is 1. The number of carbonyl (C=O) groups excluding carboxylic acids is 1. The van der Waals surface area contributed by atoms with Crippen LogP contribution in [0.15, 0.2) is 106 Å². The standard InChI is InChI=1S/C25H19BrN2O/c1-18-24(25(29)28(27-18)22-10-6-3-7-11-22)23(20-8-4-2-5-9-20)17-14-19-12-15-21(26)16-13-19/h2-17H,1H3/b17-14+,24-23-. The van der Waals surface area contributed by atoms with Gasteiger partial charge in [0.15, 0.2) is 0 Å². The Kier molecular flexibility index (Phi) is 5.54. The lowest BCUT2D eigenvalue weighted by Gasteiger charge is -2.12. The summed E-state index contributed by atoms with van der Waals surface area (Å²) in [5.41, 5.74) is 4.98. The molecule has 0 radical (unpaired) electrons. The summed E-state index contributed by atoms with van der Waals surface area (Å²) in [6, 6.07) is 27.5. The van der Waals surface area contributed by atoms with Gasteiger partial charge in [-0.05, 0) is 47.9 Å². The van der Waals surface area contributed by atoms with Gasteiger partial charge in [0, 0.05) is 4.47 Å². The predicted molar refractivity (Wildman–Crippen MR) is 124 cm³/mol. The normalized spacial score (nSPS) is 15.7. The van der Waals surface area contributed by atoms with Gasteiger partial charge >= 0.3 is 0 Å². The van der Waals surface area contributed by atoms with Crippen LogP contribution in [-0.2, 0) is 4.79 Å². The number of hydrazone groups is 1. The zero-order chi connectivity index (χ0) is 20.2. The fourth-order valence-electron chi connectivity index (χ4n) is 3.26. The van der Waals surface area contributed by atoms with Crippen LogP contribution < -0.4 is 5.01 Å². The number of nitrogens with zero attached hydrogens (tertiary/aromatic N) is 2. The molecule has 1 heterocycles. The van der Waals surface area contributed by atoms with Crippen LogP contribution in [0.2, 0.25) is 0 Å². The number of hydrogen-bond donors (Lipinski definition) is 0. The first-order valence-electron chi connectivity index (χ1n) is 9.32. The monoisotopic (exact) mass is 442 g/mol. The van der Waals surface area contributed by atoms with Crippen molar-refractivity contribution in [1.29, 1.82) is 0 Å². The number of benzene rings is 3. The summed E-state index contributed by atoms with van der Waals surface area (Å²) in [5.74, 6) is -0.118. The maximum absolute atomic E-state index is 13.3. The van der Waals surface area contributed by atoms with Crippen molar-refractivity contribution in [2.75, 3.05) is 5.01 Å². The van der Waals surface area contributed by atoms with Crippen LogP contribution in [0.3, 0.4) is 0 Å². The first-order valence-corrected chi connectivity index (χ1v) is 10.1. The summed E-state index contributed by atoms with van der Waals surface area (Å²) >= 11 is 3.46. The van der Waals surface area contributed by atoms with E-state index in [1.54, 1.807) is 0 Å². The van der Waals surface area contributed by atoms with E-state index in [1.807, 2.05) is 104 Å². The molecule has 0 aromatic heterocycles. The lowest BCUT2D eigenvalue weighted by atomic mass is 9.96. The highest BCUT2D eigenvalue weighted by atomic mass is 79.9. The summed E-state index contributed by atoms with van der Waals surface area (Å²) in [4.78, 5) is 13.3. The van der Waals surface area contributed by atoms with Crippen molar-refractivity contribution in [3.8, 4) is 0 Å². The van der Waals surface area contributed by atoms with Crippen molar-refractivity contribution in [2.45, 2.75) is 6.92 Å². The summed E-state index contributed by atoms with van der Waals surface area (Å²) < 4.78 is 1.03. The molecule has 0 fully saturated rings. The molecule has 0 bridgehead atoms. The molecule has 3 nitrogen and oxygen atoms in total. The minimum atomic E-state index is -0.118. The molecule has 0 saturated heterocycles. The van der Waals surface area contributed by atoms with Gasteiger partial charge in [-0.1, -0.05) is 88.7 Å². The highest BCUT2D eigenvalue weighted by molar-refractivity contribution is 9.10. The van der Waals surface area contributed by atoms with E-state index < -0.39 is 0 Å². The van der Waals surface area contributed by atoms with E-state index in [4.69, 9.17) is 0 Å². The number of amides is 1. The number of anilines is 1. The van der Waals surface area contributed by atoms with Gasteiger partial charge < -0.3 is 0 Å². The molecule has 0 atom stereocenters. The van der Waals surface area contributed by atoms with E-state index >= 15 is 0 Å². The van der Waals surface area contributed by atoms with Crippen molar-refractivity contribution in [1.82, 2.24) is 0 Å². The van der Waals surface area contributed by atoms with Crippen LogP contribution in [0.25, 0.3) is 11.6 Å². The van der Waals surface area contributed by atoms with Crippen LogP contribution in [0.1, 0.15) is 18.1 Å². The number of carbonyl (C=O) groups is 1. The van der Waals surface area contributed by atoms with Crippen LogP contribution in [0, 0.1) is 0 Å².